The average Bonchev–Trinajstić information content (AvgIpc) is 2.46. The molecular formula is C11H22N2. The molecule has 0 saturated carbocycles. The highest BCUT2D eigenvalue weighted by molar-refractivity contribution is 5.21. The Morgan fingerprint density at radius 2 is 1.77 bits per heavy atom. The van der Waals surface area contributed by atoms with Gasteiger partial charge in [0.1, 0.15) is 0 Å². The Hall–Kier alpha value is -0.500. The third kappa shape index (κ3) is 2.05. The summed E-state index contributed by atoms with van der Waals surface area (Å²) in [4.78, 5) is 0. The molecule has 0 radical (unpaired) electrons. The van der Waals surface area contributed by atoms with Gasteiger partial charge in [0.05, 0.1) is 0 Å². The predicted octanol–water partition coefficient (Wildman–Crippen LogP) is 2.39. The molecule has 0 amide bonds. The molecule has 0 aromatic heterocycles. The minimum absolute atomic E-state index is 0.632. The Kier molecular flexibility index (Phi) is 3.37. The van der Waals surface area contributed by atoms with Gasteiger partial charge in [0, 0.05) is 19.3 Å². The molecular weight excluding hydrogens is 160 g/mol. The second-order valence-corrected chi connectivity index (χ2v) is 4.35. The monoisotopic (exact) mass is 182 g/mol. The van der Waals surface area contributed by atoms with Gasteiger partial charge in [0.2, 0.25) is 0 Å². The van der Waals surface area contributed by atoms with Crippen molar-refractivity contribution in [3.8, 4) is 0 Å². The van der Waals surface area contributed by atoms with Crippen LogP contribution in [0.15, 0.2) is 11.3 Å². The van der Waals surface area contributed by atoms with Gasteiger partial charge in [0.15, 0.2) is 0 Å². The molecule has 13 heavy (non-hydrogen) atoms. The van der Waals surface area contributed by atoms with E-state index in [4.69, 9.17) is 0 Å². The molecule has 0 unspecified atom stereocenters. The zero-order chi connectivity index (χ0) is 10.0. The third-order valence-corrected chi connectivity index (χ3v) is 2.74. The van der Waals surface area contributed by atoms with Gasteiger partial charge in [-0.2, -0.15) is 0 Å². The molecule has 0 saturated heterocycles. The Balaban J connectivity index is 2.91. The topological polar surface area (TPSA) is 15.3 Å². The summed E-state index contributed by atoms with van der Waals surface area (Å²) in [5.41, 5.74) is 6.40. The number of hydrogen-bond acceptors (Lipinski definition) is 2. The molecule has 1 heterocycles. The summed E-state index contributed by atoms with van der Waals surface area (Å²) >= 11 is 0. The lowest BCUT2D eigenvalue weighted by atomic mass is 9.96. The summed E-state index contributed by atoms with van der Waals surface area (Å²) in [5, 5.41) is 2.29. The minimum atomic E-state index is 0.632. The average molecular weight is 182 g/mol. The zero-order valence-corrected chi connectivity index (χ0v) is 9.52. The number of nitrogens with zero attached hydrogens (tertiary/aromatic N) is 1. The van der Waals surface area contributed by atoms with Crippen molar-refractivity contribution < 1.29 is 0 Å². The highest BCUT2D eigenvalue weighted by Crippen LogP contribution is 2.31. The van der Waals surface area contributed by atoms with E-state index in [2.05, 4.69) is 38.1 Å². The maximum absolute atomic E-state index is 3.26. The predicted molar refractivity (Wildman–Crippen MR) is 57.1 cm³/mol. The van der Waals surface area contributed by atoms with Crippen molar-refractivity contribution in [1.82, 2.24) is 10.4 Å². The number of rotatable bonds is 3. The number of hydrazine groups is 1. The molecule has 76 valence electrons. The normalized spacial score (nSPS) is 18.2. The van der Waals surface area contributed by atoms with Crippen molar-refractivity contribution in [1.29, 1.82) is 0 Å². The van der Waals surface area contributed by atoms with Gasteiger partial charge >= 0.3 is 0 Å². The van der Waals surface area contributed by atoms with Gasteiger partial charge < -0.3 is 5.01 Å². The lowest BCUT2D eigenvalue weighted by molar-refractivity contribution is 0.271. The van der Waals surface area contributed by atoms with Crippen LogP contribution < -0.4 is 5.43 Å². The van der Waals surface area contributed by atoms with Crippen molar-refractivity contribution in [3.63, 3.8) is 0 Å². The van der Waals surface area contributed by atoms with Gasteiger partial charge in [-0.25, -0.2) is 5.43 Å². The summed E-state index contributed by atoms with van der Waals surface area (Å²) in [5.74, 6) is 1.32. The molecule has 0 aliphatic carbocycles. The van der Waals surface area contributed by atoms with E-state index in [0.717, 1.165) is 6.54 Å². The molecule has 0 bridgehead atoms. The molecule has 2 heteroatoms. The van der Waals surface area contributed by atoms with Crippen LogP contribution in [0.2, 0.25) is 0 Å². The summed E-state index contributed by atoms with van der Waals surface area (Å²) in [6.07, 6.45) is 1.23. The van der Waals surface area contributed by atoms with Crippen LogP contribution in [-0.4, -0.2) is 18.6 Å². The standard InChI is InChI=1S/C11H22N2/c1-8(2)10-6-7-13(12-5)11(10)9(3)4/h8-9,12H,6-7H2,1-5H3. The Bertz CT molecular complexity index is 204. The second kappa shape index (κ2) is 4.14. The molecule has 0 aromatic rings. The highest BCUT2D eigenvalue weighted by atomic mass is 15.5. The second-order valence-electron chi connectivity index (χ2n) is 4.35. The van der Waals surface area contributed by atoms with E-state index >= 15 is 0 Å². The van der Waals surface area contributed by atoms with Crippen LogP contribution in [0.1, 0.15) is 34.1 Å². The molecule has 0 spiro atoms. The van der Waals surface area contributed by atoms with Crippen LogP contribution in [0, 0.1) is 11.8 Å². The van der Waals surface area contributed by atoms with Crippen molar-refractivity contribution in [3.05, 3.63) is 11.3 Å². The van der Waals surface area contributed by atoms with Crippen molar-refractivity contribution in [2.45, 2.75) is 34.1 Å². The van der Waals surface area contributed by atoms with Gasteiger partial charge in [-0.1, -0.05) is 27.7 Å². The van der Waals surface area contributed by atoms with E-state index in [-0.39, 0.29) is 0 Å². The summed E-state index contributed by atoms with van der Waals surface area (Å²) in [6.45, 7) is 10.3. The third-order valence-electron chi connectivity index (χ3n) is 2.74. The lowest BCUT2D eigenvalue weighted by Gasteiger charge is -2.24. The fraction of sp³-hybridized carbons (Fsp3) is 0.818. The Morgan fingerprint density at radius 3 is 2.15 bits per heavy atom. The van der Waals surface area contributed by atoms with Crippen molar-refractivity contribution >= 4 is 0 Å². The van der Waals surface area contributed by atoms with E-state index in [1.165, 1.54) is 12.1 Å². The summed E-state index contributed by atoms with van der Waals surface area (Å²) < 4.78 is 0. The van der Waals surface area contributed by atoms with Crippen molar-refractivity contribution in [2.24, 2.45) is 11.8 Å². The summed E-state index contributed by atoms with van der Waals surface area (Å²) in [7, 11) is 2.01. The number of nitrogens with one attached hydrogen (secondary N) is 1. The van der Waals surface area contributed by atoms with Crippen LogP contribution in [0.5, 0.6) is 0 Å². The molecule has 0 atom stereocenters. The zero-order valence-electron chi connectivity index (χ0n) is 9.52. The fourth-order valence-corrected chi connectivity index (χ4v) is 2.15. The first-order valence-corrected chi connectivity index (χ1v) is 5.25. The van der Waals surface area contributed by atoms with Gasteiger partial charge in [-0.3, -0.25) is 0 Å². The number of allylic oxidation sites excluding steroid dienone is 1. The van der Waals surface area contributed by atoms with Crippen molar-refractivity contribution in [2.75, 3.05) is 13.6 Å². The van der Waals surface area contributed by atoms with E-state index < -0.39 is 0 Å². The lowest BCUT2D eigenvalue weighted by Crippen LogP contribution is -2.33. The Labute approximate surface area is 82.0 Å². The van der Waals surface area contributed by atoms with Crippen LogP contribution in [0.4, 0.5) is 0 Å². The number of hydrogen-bond donors (Lipinski definition) is 1. The van der Waals surface area contributed by atoms with E-state index in [0.29, 0.717) is 11.8 Å². The first-order valence-electron chi connectivity index (χ1n) is 5.25. The molecule has 1 aliphatic heterocycles. The molecule has 0 fully saturated rings. The van der Waals surface area contributed by atoms with E-state index in [1.54, 1.807) is 5.57 Å². The maximum Gasteiger partial charge on any atom is 0.0378 e. The minimum Gasteiger partial charge on any atom is -0.312 e. The van der Waals surface area contributed by atoms with E-state index in [1.807, 2.05) is 7.05 Å². The molecule has 1 rings (SSSR count). The molecule has 1 aliphatic rings. The van der Waals surface area contributed by atoms with Crippen LogP contribution in [0.25, 0.3) is 0 Å². The quantitative estimate of drug-likeness (QED) is 0.721. The first-order chi connectivity index (χ1) is 6.07. The summed E-state index contributed by atoms with van der Waals surface area (Å²) in [6, 6.07) is 0. The fourth-order valence-electron chi connectivity index (χ4n) is 2.15. The SMILES string of the molecule is CNN1CCC(C(C)C)=C1C(C)C. The van der Waals surface area contributed by atoms with Gasteiger partial charge in [-0.05, 0) is 23.8 Å². The smallest absolute Gasteiger partial charge is 0.0378 e. The van der Waals surface area contributed by atoms with Gasteiger partial charge in [-0.15, -0.1) is 0 Å². The molecule has 1 N–H and O–H groups in total. The molecule has 2 nitrogen and oxygen atoms in total. The Morgan fingerprint density at radius 1 is 1.15 bits per heavy atom. The van der Waals surface area contributed by atoms with Crippen LogP contribution >= 0.6 is 0 Å². The maximum atomic E-state index is 3.26. The van der Waals surface area contributed by atoms with E-state index in [9.17, 15) is 0 Å². The van der Waals surface area contributed by atoms with Gasteiger partial charge in [0.25, 0.3) is 0 Å². The van der Waals surface area contributed by atoms with Crippen LogP contribution in [0.3, 0.4) is 0 Å². The van der Waals surface area contributed by atoms with Crippen LogP contribution in [-0.2, 0) is 0 Å². The largest absolute Gasteiger partial charge is 0.312 e. The first kappa shape index (κ1) is 10.6. The molecule has 0 aromatic carbocycles. The highest BCUT2D eigenvalue weighted by Gasteiger charge is 2.24.